The van der Waals surface area contributed by atoms with Crippen molar-refractivity contribution in [1.29, 1.82) is 0 Å². The Balaban J connectivity index is 1.74. The number of rotatable bonds is 6. The van der Waals surface area contributed by atoms with Gasteiger partial charge in [0, 0.05) is 18.4 Å². The highest BCUT2D eigenvalue weighted by Crippen LogP contribution is 2.13. The summed E-state index contributed by atoms with van der Waals surface area (Å²) in [5, 5.41) is 0. The minimum atomic E-state index is -0.0410. The van der Waals surface area contributed by atoms with Gasteiger partial charge in [-0.15, -0.1) is 0 Å². The number of nitrogens with zero attached hydrogens (tertiary/aromatic N) is 2. The maximum absolute atomic E-state index is 5.74. The molecule has 100 valence electrons. The molecule has 2 rings (SSSR count). The van der Waals surface area contributed by atoms with Gasteiger partial charge in [-0.3, -0.25) is 9.97 Å². The number of hydrogen-bond acceptors (Lipinski definition) is 4. The Morgan fingerprint density at radius 1 is 1.21 bits per heavy atom. The van der Waals surface area contributed by atoms with Gasteiger partial charge in [0.25, 0.3) is 0 Å². The van der Waals surface area contributed by atoms with Crippen molar-refractivity contribution in [2.75, 3.05) is 6.61 Å². The normalized spacial score (nSPS) is 12.1. The van der Waals surface area contributed by atoms with E-state index in [9.17, 15) is 0 Å². The lowest BCUT2D eigenvalue weighted by Crippen LogP contribution is -2.07. The highest BCUT2D eigenvalue weighted by molar-refractivity contribution is 5.21. The highest BCUT2D eigenvalue weighted by Gasteiger charge is 2.01. The van der Waals surface area contributed by atoms with Crippen LogP contribution in [0.1, 0.15) is 30.6 Å². The van der Waals surface area contributed by atoms with Gasteiger partial charge in [0.15, 0.2) is 0 Å². The second-order valence-corrected chi connectivity index (χ2v) is 4.51. The molecular formula is C15H19N3O. The quantitative estimate of drug-likeness (QED) is 0.808. The summed E-state index contributed by atoms with van der Waals surface area (Å²) in [5.74, 6) is 0.791. The fraction of sp³-hybridized carbons (Fsp3) is 0.333. The van der Waals surface area contributed by atoms with Crippen LogP contribution in [0.4, 0.5) is 0 Å². The van der Waals surface area contributed by atoms with Gasteiger partial charge in [-0.25, -0.2) is 0 Å². The van der Waals surface area contributed by atoms with Gasteiger partial charge in [-0.1, -0.05) is 0 Å². The number of aryl methyl sites for hydroxylation is 1. The lowest BCUT2D eigenvalue weighted by Gasteiger charge is -2.08. The van der Waals surface area contributed by atoms with Crippen molar-refractivity contribution in [1.82, 2.24) is 9.97 Å². The van der Waals surface area contributed by atoms with Crippen molar-refractivity contribution in [3.05, 3.63) is 54.1 Å². The predicted molar refractivity (Wildman–Crippen MR) is 74.9 cm³/mol. The van der Waals surface area contributed by atoms with Gasteiger partial charge < -0.3 is 10.5 Å². The molecule has 0 aliphatic carbocycles. The molecule has 0 bridgehead atoms. The van der Waals surface area contributed by atoms with Gasteiger partial charge in [0.1, 0.15) is 5.75 Å². The minimum Gasteiger partial charge on any atom is -0.492 e. The zero-order chi connectivity index (χ0) is 13.5. The summed E-state index contributed by atoms with van der Waals surface area (Å²) in [4.78, 5) is 8.25. The summed E-state index contributed by atoms with van der Waals surface area (Å²) in [6.07, 6.45) is 7.32. The second-order valence-electron chi connectivity index (χ2n) is 4.51. The summed E-state index contributed by atoms with van der Waals surface area (Å²) in [6.45, 7) is 2.60. The van der Waals surface area contributed by atoms with Gasteiger partial charge in [0.2, 0.25) is 0 Å². The van der Waals surface area contributed by atoms with E-state index in [0.29, 0.717) is 6.61 Å². The SMILES string of the molecule is CC(N)c1ccc(OCCCc2ccncc2)cn1. The van der Waals surface area contributed by atoms with Gasteiger partial charge >= 0.3 is 0 Å². The number of aromatic nitrogens is 2. The first-order valence-electron chi connectivity index (χ1n) is 6.49. The van der Waals surface area contributed by atoms with E-state index in [1.165, 1.54) is 5.56 Å². The van der Waals surface area contributed by atoms with Crippen LogP contribution in [0.5, 0.6) is 5.75 Å². The number of ether oxygens (including phenoxy) is 1. The van der Waals surface area contributed by atoms with Crippen LogP contribution < -0.4 is 10.5 Å². The molecule has 4 heteroatoms. The van der Waals surface area contributed by atoms with Crippen molar-refractivity contribution in [2.45, 2.75) is 25.8 Å². The number of pyridine rings is 2. The maximum Gasteiger partial charge on any atom is 0.137 e. The van der Waals surface area contributed by atoms with Crippen LogP contribution >= 0.6 is 0 Å². The molecule has 0 saturated heterocycles. The lowest BCUT2D eigenvalue weighted by atomic mass is 10.1. The average molecular weight is 257 g/mol. The zero-order valence-electron chi connectivity index (χ0n) is 11.1. The third kappa shape index (κ3) is 4.34. The molecular weight excluding hydrogens is 238 g/mol. The largest absolute Gasteiger partial charge is 0.492 e. The molecule has 2 aromatic heterocycles. The van der Waals surface area contributed by atoms with Crippen LogP contribution in [-0.2, 0) is 6.42 Å². The van der Waals surface area contributed by atoms with Crippen LogP contribution in [0.15, 0.2) is 42.9 Å². The van der Waals surface area contributed by atoms with E-state index in [-0.39, 0.29) is 6.04 Å². The Hall–Kier alpha value is -1.94. The molecule has 19 heavy (non-hydrogen) atoms. The molecule has 0 aliphatic heterocycles. The van der Waals surface area contributed by atoms with Crippen LogP contribution in [-0.4, -0.2) is 16.6 Å². The molecule has 2 aromatic rings. The highest BCUT2D eigenvalue weighted by atomic mass is 16.5. The molecule has 0 spiro atoms. The van der Waals surface area contributed by atoms with Gasteiger partial charge in [0.05, 0.1) is 18.5 Å². The van der Waals surface area contributed by atoms with Crippen molar-refractivity contribution >= 4 is 0 Å². The summed E-state index contributed by atoms with van der Waals surface area (Å²) >= 11 is 0. The van der Waals surface area contributed by atoms with Crippen LogP contribution in [0.3, 0.4) is 0 Å². The Kier molecular flexibility index (Phi) is 4.86. The summed E-state index contributed by atoms with van der Waals surface area (Å²) in [7, 11) is 0. The van der Waals surface area contributed by atoms with E-state index >= 15 is 0 Å². The van der Waals surface area contributed by atoms with E-state index in [2.05, 4.69) is 9.97 Å². The Labute approximate surface area is 113 Å². The molecule has 0 saturated carbocycles. The Bertz CT molecular complexity index is 483. The molecule has 0 radical (unpaired) electrons. The fourth-order valence-corrected chi connectivity index (χ4v) is 1.76. The first kappa shape index (κ1) is 13.5. The summed E-state index contributed by atoms with van der Waals surface area (Å²) in [5.41, 5.74) is 7.90. The van der Waals surface area contributed by atoms with Crippen molar-refractivity contribution in [3.63, 3.8) is 0 Å². The second kappa shape index (κ2) is 6.85. The van der Waals surface area contributed by atoms with E-state index in [0.717, 1.165) is 24.3 Å². The minimum absolute atomic E-state index is 0.0410. The molecule has 4 nitrogen and oxygen atoms in total. The number of hydrogen-bond donors (Lipinski definition) is 1. The zero-order valence-corrected chi connectivity index (χ0v) is 11.1. The van der Waals surface area contributed by atoms with E-state index in [1.807, 2.05) is 43.6 Å². The molecule has 0 fully saturated rings. The van der Waals surface area contributed by atoms with E-state index < -0.39 is 0 Å². The van der Waals surface area contributed by atoms with Crippen LogP contribution in [0, 0.1) is 0 Å². The summed E-state index contributed by atoms with van der Waals surface area (Å²) < 4.78 is 5.64. The third-order valence-corrected chi connectivity index (χ3v) is 2.85. The Morgan fingerprint density at radius 3 is 2.63 bits per heavy atom. The lowest BCUT2D eigenvalue weighted by molar-refractivity contribution is 0.309. The van der Waals surface area contributed by atoms with Crippen molar-refractivity contribution in [3.8, 4) is 5.75 Å². The maximum atomic E-state index is 5.74. The Morgan fingerprint density at radius 2 is 2.00 bits per heavy atom. The molecule has 1 unspecified atom stereocenters. The van der Waals surface area contributed by atoms with E-state index in [4.69, 9.17) is 10.5 Å². The van der Waals surface area contributed by atoms with Crippen molar-refractivity contribution < 1.29 is 4.74 Å². The van der Waals surface area contributed by atoms with Crippen LogP contribution in [0.2, 0.25) is 0 Å². The fourth-order valence-electron chi connectivity index (χ4n) is 1.76. The molecule has 0 aromatic carbocycles. The first-order valence-corrected chi connectivity index (χ1v) is 6.49. The van der Waals surface area contributed by atoms with Crippen molar-refractivity contribution in [2.24, 2.45) is 5.73 Å². The van der Waals surface area contributed by atoms with Crippen LogP contribution in [0.25, 0.3) is 0 Å². The topological polar surface area (TPSA) is 61.0 Å². The molecule has 0 amide bonds. The smallest absolute Gasteiger partial charge is 0.137 e. The molecule has 2 heterocycles. The van der Waals surface area contributed by atoms with Gasteiger partial charge in [-0.2, -0.15) is 0 Å². The first-order chi connectivity index (χ1) is 9.25. The molecule has 2 N–H and O–H groups in total. The average Bonchev–Trinajstić information content (AvgIpc) is 2.45. The standard InChI is InChI=1S/C15H19N3O/c1-12(16)15-5-4-14(11-18-15)19-10-2-3-13-6-8-17-9-7-13/h4-9,11-12H,2-3,10,16H2,1H3. The molecule has 1 atom stereocenters. The number of nitrogens with two attached hydrogens (primary N) is 1. The molecule has 0 aliphatic rings. The van der Waals surface area contributed by atoms with E-state index in [1.54, 1.807) is 6.20 Å². The predicted octanol–water partition coefficient (Wildman–Crippen LogP) is 2.51. The third-order valence-electron chi connectivity index (χ3n) is 2.85. The van der Waals surface area contributed by atoms with Gasteiger partial charge in [-0.05, 0) is 49.6 Å². The summed E-state index contributed by atoms with van der Waals surface area (Å²) in [6, 6.07) is 7.83. The monoisotopic (exact) mass is 257 g/mol.